The third kappa shape index (κ3) is 2.50. The molecule has 0 N–H and O–H groups in total. The van der Waals surface area contributed by atoms with E-state index >= 15 is 0 Å². The summed E-state index contributed by atoms with van der Waals surface area (Å²) < 4.78 is 12.6. The summed E-state index contributed by atoms with van der Waals surface area (Å²) in [6.45, 7) is 4.23. The number of hydrogen-bond donors (Lipinski definition) is 0. The van der Waals surface area contributed by atoms with Gasteiger partial charge >= 0.3 is 0 Å². The maximum atomic E-state index is 12.6. The molecule has 0 aromatic heterocycles. The Morgan fingerprint density at radius 1 is 1.08 bits per heavy atom. The molecule has 0 aliphatic heterocycles. The van der Waals surface area contributed by atoms with Crippen LogP contribution in [0.1, 0.15) is 13.8 Å². The van der Waals surface area contributed by atoms with Crippen molar-refractivity contribution >= 4 is 0 Å². The molecule has 1 rings (SSSR count). The minimum atomic E-state index is -0.203. The number of rotatable bonds is 1. The Kier molecular flexibility index (Phi) is 3.03. The van der Waals surface area contributed by atoms with E-state index in [0.717, 1.165) is 0 Å². The Bertz CT molecular complexity index is 265. The van der Waals surface area contributed by atoms with E-state index in [-0.39, 0.29) is 5.83 Å². The van der Waals surface area contributed by atoms with E-state index in [1.807, 2.05) is 12.2 Å². The van der Waals surface area contributed by atoms with E-state index in [4.69, 9.17) is 0 Å². The van der Waals surface area contributed by atoms with Crippen LogP contribution in [0.3, 0.4) is 0 Å². The quantitative estimate of drug-likeness (QED) is 0.556. The van der Waals surface area contributed by atoms with Gasteiger partial charge in [-0.15, -0.1) is 0 Å². The summed E-state index contributed by atoms with van der Waals surface area (Å²) in [7, 11) is 0. The summed E-state index contributed by atoms with van der Waals surface area (Å²) in [6, 6.07) is 0. The van der Waals surface area contributed by atoms with E-state index in [2.05, 4.69) is 13.8 Å². The van der Waals surface area contributed by atoms with Crippen molar-refractivity contribution < 1.29 is 4.39 Å². The molecule has 0 atom stereocenters. The lowest BCUT2D eigenvalue weighted by Crippen LogP contribution is -1.89. The number of halogens is 1. The van der Waals surface area contributed by atoms with Crippen LogP contribution in [0.4, 0.5) is 4.39 Å². The minimum Gasteiger partial charge on any atom is -0.207 e. The largest absolute Gasteiger partial charge is 0.207 e. The first kappa shape index (κ1) is 8.98. The van der Waals surface area contributed by atoms with Crippen molar-refractivity contribution in [2.75, 3.05) is 0 Å². The number of hydrogen-bond acceptors (Lipinski definition) is 0. The smallest absolute Gasteiger partial charge is 0.123 e. The van der Waals surface area contributed by atoms with Crippen LogP contribution in [0.2, 0.25) is 0 Å². The Morgan fingerprint density at radius 2 is 1.75 bits per heavy atom. The molecule has 0 bridgehead atoms. The second kappa shape index (κ2) is 4.05. The molecule has 1 aliphatic carbocycles. The Morgan fingerprint density at radius 3 is 2.42 bits per heavy atom. The maximum Gasteiger partial charge on any atom is 0.123 e. The zero-order valence-electron chi connectivity index (χ0n) is 7.42. The molecule has 0 heterocycles. The lowest BCUT2D eigenvalue weighted by atomic mass is 10.0. The highest BCUT2D eigenvalue weighted by atomic mass is 19.1. The molecular formula is C11H13F. The van der Waals surface area contributed by atoms with Gasteiger partial charge in [-0.2, -0.15) is 0 Å². The summed E-state index contributed by atoms with van der Waals surface area (Å²) in [5.41, 5.74) is 1.22. The third-order valence-electron chi connectivity index (χ3n) is 1.75. The fraction of sp³-hybridized carbons (Fsp3) is 0.273. The van der Waals surface area contributed by atoms with E-state index < -0.39 is 0 Å². The van der Waals surface area contributed by atoms with Crippen LogP contribution in [0.15, 0.2) is 47.9 Å². The molecule has 0 spiro atoms. The van der Waals surface area contributed by atoms with Crippen molar-refractivity contribution in [1.82, 2.24) is 0 Å². The summed E-state index contributed by atoms with van der Waals surface area (Å²) in [6.07, 6.45) is 10.3. The summed E-state index contributed by atoms with van der Waals surface area (Å²) in [5, 5.41) is 0. The van der Waals surface area contributed by atoms with Gasteiger partial charge in [0.05, 0.1) is 0 Å². The molecule has 0 radical (unpaired) electrons. The van der Waals surface area contributed by atoms with E-state index in [9.17, 15) is 4.39 Å². The van der Waals surface area contributed by atoms with Gasteiger partial charge in [-0.1, -0.05) is 38.2 Å². The predicted octanol–water partition coefficient (Wildman–Crippen LogP) is 3.55. The van der Waals surface area contributed by atoms with Gasteiger partial charge in [0, 0.05) is 0 Å². The van der Waals surface area contributed by atoms with Crippen molar-refractivity contribution in [3.8, 4) is 0 Å². The average Bonchev–Trinajstić information content (AvgIpc) is 1.95. The molecule has 0 nitrogen and oxygen atoms in total. The van der Waals surface area contributed by atoms with Crippen LogP contribution in [-0.4, -0.2) is 0 Å². The topological polar surface area (TPSA) is 0 Å². The standard InChI is InChI=1S/C11H13F/c1-9(2)10-5-3-7-11(12)8-4-6-10/h3-9H,1-2H3/b5-3?,6-4?,7-3+,8-4?,10-5?,10-6?,11-7?,11-8-. The van der Waals surface area contributed by atoms with Crippen LogP contribution >= 0.6 is 0 Å². The van der Waals surface area contributed by atoms with Gasteiger partial charge in [0.2, 0.25) is 0 Å². The third-order valence-corrected chi connectivity index (χ3v) is 1.75. The Hall–Kier alpha value is -1.11. The van der Waals surface area contributed by atoms with Crippen molar-refractivity contribution in [3.05, 3.63) is 47.9 Å². The maximum absolute atomic E-state index is 12.6. The van der Waals surface area contributed by atoms with Crippen LogP contribution in [0.25, 0.3) is 0 Å². The second-order valence-corrected chi connectivity index (χ2v) is 3.09. The average molecular weight is 164 g/mol. The normalized spacial score (nSPS) is 24.0. The first-order valence-electron chi connectivity index (χ1n) is 4.12. The highest BCUT2D eigenvalue weighted by Crippen LogP contribution is 2.14. The van der Waals surface area contributed by atoms with Gasteiger partial charge in [-0.3, -0.25) is 0 Å². The fourth-order valence-corrected chi connectivity index (χ4v) is 0.998. The van der Waals surface area contributed by atoms with Crippen LogP contribution in [-0.2, 0) is 0 Å². The van der Waals surface area contributed by atoms with Crippen LogP contribution in [0, 0.1) is 5.92 Å². The fourth-order valence-electron chi connectivity index (χ4n) is 0.998. The molecule has 0 saturated heterocycles. The van der Waals surface area contributed by atoms with Crippen molar-refractivity contribution in [2.24, 2.45) is 5.92 Å². The summed E-state index contributed by atoms with van der Waals surface area (Å²) in [5.74, 6) is 0.283. The van der Waals surface area contributed by atoms with Crippen molar-refractivity contribution in [3.63, 3.8) is 0 Å². The molecule has 64 valence electrons. The highest BCUT2D eigenvalue weighted by molar-refractivity contribution is 5.33. The predicted molar refractivity (Wildman–Crippen MR) is 50.4 cm³/mol. The molecule has 0 aromatic rings. The van der Waals surface area contributed by atoms with Crippen LogP contribution < -0.4 is 0 Å². The van der Waals surface area contributed by atoms with E-state index in [0.29, 0.717) is 5.92 Å². The molecular weight excluding hydrogens is 151 g/mol. The van der Waals surface area contributed by atoms with E-state index in [1.165, 1.54) is 17.7 Å². The zero-order valence-corrected chi connectivity index (χ0v) is 7.42. The molecule has 0 saturated carbocycles. The van der Waals surface area contributed by atoms with Gasteiger partial charge in [0.1, 0.15) is 5.83 Å². The van der Waals surface area contributed by atoms with Gasteiger partial charge in [-0.05, 0) is 23.6 Å². The molecule has 12 heavy (non-hydrogen) atoms. The van der Waals surface area contributed by atoms with Gasteiger partial charge in [0.15, 0.2) is 0 Å². The molecule has 0 amide bonds. The second-order valence-electron chi connectivity index (χ2n) is 3.09. The molecule has 0 fully saturated rings. The van der Waals surface area contributed by atoms with Gasteiger partial charge in [0.25, 0.3) is 0 Å². The van der Waals surface area contributed by atoms with Crippen molar-refractivity contribution in [2.45, 2.75) is 13.8 Å². The molecule has 1 aliphatic rings. The van der Waals surface area contributed by atoms with Gasteiger partial charge in [-0.25, -0.2) is 4.39 Å². The monoisotopic (exact) mass is 164 g/mol. The van der Waals surface area contributed by atoms with Crippen molar-refractivity contribution in [1.29, 1.82) is 0 Å². The first-order chi connectivity index (χ1) is 5.70. The Labute approximate surface area is 72.8 Å². The SMILES string of the molecule is CC(C)C1=C/C=C/C(F)=C/C=C1. The zero-order chi connectivity index (χ0) is 8.97. The van der Waals surface area contributed by atoms with Crippen LogP contribution in [0.5, 0.6) is 0 Å². The lowest BCUT2D eigenvalue weighted by Gasteiger charge is -2.04. The minimum absolute atomic E-state index is 0.203. The molecule has 0 aromatic carbocycles. The van der Waals surface area contributed by atoms with E-state index in [1.54, 1.807) is 12.2 Å². The molecule has 0 unspecified atom stereocenters. The molecule has 1 heteroatoms. The summed E-state index contributed by atoms with van der Waals surface area (Å²) in [4.78, 5) is 0. The highest BCUT2D eigenvalue weighted by Gasteiger charge is 1.97. The van der Waals surface area contributed by atoms with Gasteiger partial charge < -0.3 is 0 Å². The first-order valence-corrected chi connectivity index (χ1v) is 4.12. The summed E-state index contributed by atoms with van der Waals surface area (Å²) >= 11 is 0. The Balaban J connectivity index is 2.83. The lowest BCUT2D eigenvalue weighted by molar-refractivity contribution is 0.667. The number of allylic oxidation sites excluding steroid dienone is 8.